The molecule has 0 spiro atoms. The molecule has 8 heavy (non-hydrogen) atoms. The van der Waals surface area contributed by atoms with Crippen LogP contribution >= 0.6 is 0 Å². The molecule has 1 aromatic rings. The third-order valence-electron chi connectivity index (χ3n) is 0.347. The molecule has 0 bridgehead atoms. The van der Waals surface area contributed by atoms with Crippen LogP contribution in [0.5, 0.6) is 0 Å². The Morgan fingerprint density at radius 2 is 2.12 bits per heavy atom. The Labute approximate surface area is 49.5 Å². The number of aromatic nitrogens is 1. The Balaban J connectivity index is 0.000000145. The molecular weight excluding hydrogens is 102 g/mol. The fraction of sp³-hybridized carbons (Fsp3) is 0.500. The minimum Gasteiger partial charge on any atom is -0.452 e. The van der Waals surface area contributed by atoms with Gasteiger partial charge in [0, 0.05) is 0 Å². The van der Waals surface area contributed by atoms with E-state index in [0.717, 1.165) is 0 Å². The second kappa shape index (κ2) is 6.21. The van der Waals surface area contributed by atoms with Crippen molar-refractivity contribution in [1.82, 2.24) is 4.98 Å². The predicted octanol–water partition coefficient (Wildman–Crippen LogP) is 2.09. The smallest absolute Gasteiger partial charge is 0.180 e. The van der Waals surface area contributed by atoms with E-state index in [-0.39, 0.29) is 0 Å². The first kappa shape index (κ1) is 7.21. The first-order chi connectivity index (χ1) is 3.91. The number of hydrogen-bond donors (Lipinski definition) is 0. The van der Waals surface area contributed by atoms with Gasteiger partial charge in [-0.05, 0) is 0 Å². The van der Waals surface area contributed by atoms with Crippen molar-refractivity contribution >= 4 is 0 Å². The highest BCUT2D eigenvalue weighted by Crippen LogP contribution is 1.72. The molecule has 0 saturated heterocycles. The summed E-state index contributed by atoms with van der Waals surface area (Å²) in [6.07, 6.45) is 5.72. The zero-order chi connectivity index (χ0) is 6.24. The zero-order valence-electron chi connectivity index (χ0n) is 5.29. The normalized spacial score (nSPS) is 7.25. The first-order valence-corrected chi connectivity index (χ1v) is 2.74. The van der Waals surface area contributed by atoms with Gasteiger partial charge in [-0.1, -0.05) is 20.3 Å². The first-order valence-electron chi connectivity index (χ1n) is 2.74. The van der Waals surface area contributed by atoms with Crippen molar-refractivity contribution in [2.45, 2.75) is 20.3 Å². The highest BCUT2D eigenvalue weighted by atomic mass is 16.3. The van der Waals surface area contributed by atoms with Crippen LogP contribution in [0.15, 0.2) is 23.3 Å². The molecular formula is C6H11NO. The minimum absolute atomic E-state index is 1.25. The summed E-state index contributed by atoms with van der Waals surface area (Å²) in [4.78, 5) is 3.56. The van der Waals surface area contributed by atoms with Gasteiger partial charge in [0.15, 0.2) is 6.39 Å². The summed E-state index contributed by atoms with van der Waals surface area (Å²) in [7, 11) is 0. The Bertz CT molecular complexity index is 75.4. The maximum absolute atomic E-state index is 4.47. The number of rotatable bonds is 0. The van der Waals surface area contributed by atoms with Crippen molar-refractivity contribution in [3.05, 3.63) is 18.9 Å². The van der Waals surface area contributed by atoms with Crippen LogP contribution in [-0.2, 0) is 0 Å². The van der Waals surface area contributed by atoms with Crippen LogP contribution in [0.25, 0.3) is 0 Å². The summed E-state index contributed by atoms with van der Waals surface area (Å²) in [6, 6.07) is 0. The Kier molecular flexibility index (Phi) is 5.60. The third-order valence-corrected chi connectivity index (χ3v) is 0.347. The third kappa shape index (κ3) is 5.21. The molecule has 1 aromatic heterocycles. The average Bonchev–Trinajstić information content (AvgIpc) is 2.17. The van der Waals surface area contributed by atoms with E-state index in [1.807, 2.05) is 0 Å². The monoisotopic (exact) mass is 113 g/mol. The van der Waals surface area contributed by atoms with E-state index in [2.05, 4.69) is 23.2 Å². The van der Waals surface area contributed by atoms with Crippen LogP contribution in [0, 0.1) is 0 Å². The van der Waals surface area contributed by atoms with Gasteiger partial charge < -0.3 is 4.42 Å². The van der Waals surface area contributed by atoms with Crippen molar-refractivity contribution in [2.75, 3.05) is 0 Å². The fourth-order valence-electron chi connectivity index (χ4n) is 0.176. The molecule has 1 rings (SSSR count). The molecule has 0 amide bonds. The molecule has 0 unspecified atom stereocenters. The second-order valence-electron chi connectivity index (χ2n) is 1.38. The standard InChI is InChI=1S/C3H3NO.C3H8/c1-2-5-3-4-1;1-3-2/h1-3H;3H2,1-2H3. The Hall–Kier alpha value is -0.790. The molecule has 0 aliphatic carbocycles. The minimum atomic E-state index is 1.25. The highest BCUT2D eigenvalue weighted by molar-refractivity contribution is 4.56. The summed E-state index contributed by atoms with van der Waals surface area (Å²) >= 11 is 0. The van der Waals surface area contributed by atoms with Crippen LogP contribution in [0.2, 0.25) is 0 Å². The van der Waals surface area contributed by atoms with Gasteiger partial charge in [0.1, 0.15) is 6.26 Å². The van der Waals surface area contributed by atoms with E-state index in [1.54, 1.807) is 6.20 Å². The number of hydrogen-bond acceptors (Lipinski definition) is 2. The van der Waals surface area contributed by atoms with Gasteiger partial charge in [0.2, 0.25) is 0 Å². The molecule has 0 N–H and O–H groups in total. The predicted molar refractivity (Wildman–Crippen MR) is 32.5 cm³/mol. The van der Waals surface area contributed by atoms with Gasteiger partial charge in [-0.3, -0.25) is 0 Å². The molecule has 46 valence electrons. The van der Waals surface area contributed by atoms with Crippen LogP contribution in [0.3, 0.4) is 0 Å². The molecule has 0 radical (unpaired) electrons. The van der Waals surface area contributed by atoms with Gasteiger partial charge in [-0.2, -0.15) is 0 Å². The molecule has 0 atom stereocenters. The van der Waals surface area contributed by atoms with Crippen LogP contribution in [-0.4, -0.2) is 4.98 Å². The topological polar surface area (TPSA) is 26.0 Å². The number of nitrogens with zero attached hydrogens (tertiary/aromatic N) is 1. The zero-order valence-corrected chi connectivity index (χ0v) is 5.29. The molecule has 0 saturated carbocycles. The molecule has 0 aromatic carbocycles. The average molecular weight is 113 g/mol. The van der Waals surface area contributed by atoms with Crippen molar-refractivity contribution in [3.8, 4) is 0 Å². The molecule has 1 heterocycles. The van der Waals surface area contributed by atoms with Crippen molar-refractivity contribution < 1.29 is 4.42 Å². The summed E-state index contributed by atoms with van der Waals surface area (Å²) in [5.41, 5.74) is 0. The fourth-order valence-corrected chi connectivity index (χ4v) is 0.176. The summed E-state index contributed by atoms with van der Waals surface area (Å²) in [6.45, 7) is 4.25. The maximum atomic E-state index is 4.47. The largest absolute Gasteiger partial charge is 0.452 e. The van der Waals surface area contributed by atoms with Gasteiger partial charge in [0.05, 0.1) is 6.20 Å². The molecule has 0 fully saturated rings. The molecule has 2 heteroatoms. The van der Waals surface area contributed by atoms with Gasteiger partial charge in [0.25, 0.3) is 0 Å². The van der Waals surface area contributed by atoms with Crippen LogP contribution < -0.4 is 0 Å². The van der Waals surface area contributed by atoms with Gasteiger partial charge in [-0.15, -0.1) is 0 Å². The lowest BCUT2D eigenvalue weighted by Crippen LogP contribution is -1.38. The lowest BCUT2D eigenvalue weighted by Gasteiger charge is -1.48. The van der Waals surface area contributed by atoms with Crippen molar-refractivity contribution in [3.63, 3.8) is 0 Å². The number of oxazole rings is 1. The summed E-state index contributed by atoms with van der Waals surface area (Å²) < 4.78 is 4.47. The van der Waals surface area contributed by atoms with E-state index in [0.29, 0.717) is 0 Å². The summed E-state index contributed by atoms with van der Waals surface area (Å²) in [5, 5.41) is 0. The van der Waals surface area contributed by atoms with E-state index >= 15 is 0 Å². The quantitative estimate of drug-likeness (QED) is 0.515. The van der Waals surface area contributed by atoms with Crippen LogP contribution in [0.4, 0.5) is 0 Å². The highest BCUT2D eigenvalue weighted by Gasteiger charge is 1.59. The molecule has 2 nitrogen and oxygen atoms in total. The SMILES string of the molecule is CCC.c1cocn1. The van der Waals surface area contributed by atoms with E-state index in [1.165, 1.54) is 19.1 Å². The van der Waals surface area contributed by atoms with E-state index in [4.69, 9.17) is 0 Å². The Morgan fingerprint density at radius 1 is 1.50 bits per heavy atom. The second-order valence-corrected chi connectivity index (χ2v) is 1.38. The van der Waals surface area contributed by atoms with Gasteiger partial charge in [-0.25, -0.2) is 4.98 Å². The lowest BCUT2D eigenvalue weighted by atomic mass is 10.6. The molecule has 0 aliphatic rings. The van der Waals surface area contributed by atoms with Crippen molar-refractivity contribution in [1.29, 1.82) is 0 Å². The van der Waals surface area contributed by atoms with E-state index in [9.17, 15) is 0 Å². The van der Waals surface area contributed by atoms with Crippen LogP contribution in [0.1, 0.15) is 20.3 Å². The molecule has 0 aliphatic heterocycles. The maximum Gasteiger partial charge on any atom is 0.180 e. The lowest BCUT2D eigenvalue weighted by molar-refractivity contribution is 0.558. The van der Waals surface area contributed by atoms with Crippen molar-refractivity contribution in [2.24, 2.45) is 0 Å². The Morgan fingerprint density at radius 3 is 2.25 bits per heavy atom. The van der Waals surface area contributed by atoms with Gasteiger partial charge >= 0.3 is 0 Å². The summed E-state index contributed by atoms with van der Waals surface area (Å²) in [5.74, 6) is 0. The van der Waals surface area contributed by atoms with E-state index < -0.39 is 0 Å².